The Bertz CT molecular complexity index is 1110. The first kappa shape index (κ1) is 24.8. The van der Waals surface area contributed by atoms with Gasteiger partial charge in [0.05, 0.1) is 30.8 Å². The third-order valence-corrected chi connectivity index (χ3v) is 7.05. The summed E-state index contributed by atoms with van der Waals surface area (Å²) in [6.07, 6.45) is 10.1. The van der Waals surface area contributed by atoms with E-state index in [1.165, 1.54) is 39.2 Å². The second-order valence-corrected chi connectivity index (χ2v) is 9.46. The van der Waals surface area contributed by atoms with E-state index in [-0.39, 0.29) is 0 Å². The van der Waals surface area contributed by atoms with Gasteiger partial charge < -0.3 is 19.8 Å². The van der Waals surface area contributed by atoms with Crippen molar-refractivity contribution in [2.24, 2.45) is 5.92 Å². The second-order valence-electron chi connectivity index (χ2n) is 9.46. The number of methoxy groups -OCH3 is 1. The molecule has 2 N–H and O–H groups in total. The number of benzene rings is 1. The van der Waals surface area contributed by atoms with Crippen LogP contribution < -0.4 is 5.32 Å². The van der Waals surface area contributed by atoms with Gasteiger partial charge in [-0.15, -0.1) is 0 Å². The molecule has 1 aliphatic heterocycles. The molecule has 7 nitrogen and oxygen atoms in total. The third-order valence-electron chi connectivity index (χ3n) is 7.05. The molecular formula is C28H35N3O4. The highest BCUT2D eigenvalue weighted by Gasteiger charge is 2.39. The van der Waals surface area contributed by atoms with Gasteiger partial charge in [-0.25, -0.2) is 14.6 Å². The van der Waals surface area contributed by atoms with Crippen LogP contribution in [0.2, 0.25) is 0 Å². The van der Waals surface area contributed by atoms with Crippen LogP contribution in [-0.4, -0.2) is 35.6 Å². The topological polar surface area (TPSA) is 93.3 Å². The summed E-state index contributed by atoms with van der Waals surface area (Å²) in [5.41, 5.74) is 3.63. The highest BCUT2D eigenvalue weighted by molar-refractivity contribution is 5.99. The minimum Gasteiger partial charge on any atom is -0.466 e. The zero-order chi connectivity index (χ0) is 24.8. The van der Waals surface area contributed by atoms with Crippen molar-refractivity contribution in [3.8, 4) is 11.4 Å². The largest absolute Gasteiger partial charge is 0.466 e. The maximum atomic E-state index is 13.4. The quantitative estimate of drug-likeness (QED) is 0.391. The maximum absolute atomic E-state index is 13.4. The van der Waals surface area contributed by atoms with Gasteiger partial charge in [-0.3, -0.25) is 0 Å². The number of nitrogens with zero attached hydrogens (tertiary/aromatic N) is 1. The number of nitrogens with one attached hydrogen (secondary N) is 2. The molecule has 35 heavy (non-hydrogen) atoms. The fraction of sp³-hybridized carbons (Fsp3) is 0.464. The summed E-state index contributed by atoms with van der Waals surface area (Å²) in [7, 11) is 1.34. The summed E-state index contributed by atoms with van der Waals surface area (Å²) in [6, 6.07) is 9.72. The number of esters is 2. The summed E-state index contributed by atoms with van der Waals surface area (Å²) < 4.78 is 10.8. The number of hydrogen-bond donors (Lipinski definition) is 2. The highest BCUT2D eigenvalue weighted by atomic mass is 16.5. The van der Waals surface area contributed by atoms with E-state index in [1.54, 1.807) is 6.20 Å². The lowest BCUT2D eigenvalue weighted by Gasteiger charge is -2.29. The molecule has 0 bridgehead atoms. The Morgan fingerprint density at radius 1 is 1.00 bits per heavy atom. The zero-order valence-corrected chi connectivity index (χ0v) is 20.9. The Labute approximate surface area is 207 Å². The number of imidazole rings is 1. The van der Waals surface area contributed by atoms with Crippen molar-refractivity contribution in [2.45, 2.75) is 64.7 Å². The Morgan fingerprint density at radius 3 is 2.37 bits per heavy atom. The van der Waals surface area contributed by atoms with Gasteiger partial charge in [0.25, 0.3) is 0 Å². The van der Waals surface area contributed by atoms with Crippen molar-refractivity contribution >= 4 is 11.9 Å². The van der Waals surface area contributed by atoms with Crippen molar-refractivity contribution in [1.29, 1.82) is 0 Å². The number of dihydropyridines is 1. The van der Waals surface area contributed by atoms with Crippen LogP contribution in [0.4, 0.5) is 0 Å². The molecule has 1 aromatic heterocycles. The Kier molecular flexibility index (Phi) is 8.06. The van der Waals surface area contributed by atoms with Crippen molar-refractivity contribution in [3.63, 3.8) is 0 Å². The number of carbonyl (C=O) groups excluding carboxylic acids is 2. The Hall–Kier alpha value is -3.35. The van der Waals surface area contributed by atoms with Gasteiger partial charge >= 0.3 is 11.9 Å². The Morgan fingerprint density at radius 2 is 1.69 bits per heavy atom. The van der Waals surface area contributed by atoms with E-state index in [2.05, 4.69) is 15.3 Å². The average molecular weight is 478 g/mol. The van der Waals surface area contributed by atoms with Crippen LogP contribution in [0.5, 0.6) is 0 Å². The number of ether oxygens (including phenoxy) is 2. The number of rotatable bonds is 8. The summed E-state index contributed by atoms with van der Waals surface area (Å²) >= 11 is 0. The van der Waals surface area contributed by atoms with Gasteiger partial charge in [0.15, 0.2) is 0 Å². The molecule has 1 saturated carbocycles. The SMILES string of the molecule is COC(=O)C1=C(C)NC(C)=C(C(=O)OCCCC2CCCCC2)C1c1cnc(-c2ccccc2)[nH]1. The van der Waals surface area contributed by atoms with Crippen molar-refractivity contribution in [2.75, 3.05) is 13.7 Å². The van der Waals surface area contributed by atoms with Gasteiger partial charge in [0.1, 0.15) is 5.82 Å². The predicted octanol–water partition coefficient (Wildman–Crippen LogP) is 5.39. The van der Waals surface area contributed by atoms with E-state index in [9.17, 15) is 9.59 Å². The normalized spacial score (nSPS) is 18.9. The fourth-order valence-corrected chi connectivity index (χ4v) is 5.27. The summed E-state index contributed by atoms with van der Waals surface area (Å²) in [5.74, 6) is -0.178. The molecule has 1 atom stereocenters. The first-order valence-corrected chi connectivity index (χ1v) is 12.5. The van der Waals surface area contributed by atoms with Crippen LogP contribution in [0.3, 0.4) is 0 Å². The first-order chi connectivity index (χ1) is 17.0. The van der Waals surface area contributed by atoms with Crippen molar-refractivity contribution < 1.29 is 19.1 Å². The first-order valence-electron chi connectivity index (χ1n) is 12.5. The predicted molar refractivity (Wildman–Crippen MR) is 134 cm³/mol. The minimum absolute atomic E-state index is 0.368. The molecule has 186 valence electrons. The lowest BCUT2D eigenvalue weighted by molar-refractivity contribution is -0.139. The van der Waals surface area contributed by atoms with Crippen molar-refractivity contribution in [1.82, 2.24) is 15.3 Å². The van der Waals surface area contributed by atoms with E-state index in [0.717, 1.165) is 24.3 Å². The highest BCUT2D eigenvalue weighted by Crippen LogP contribution is 2.39. The average Bonchev–Trinajstić information content (AvgIpc) is 3.37. The second kappa shape index (κ2) is 11.4. The number of aromatic amines is 1. The number of aromatic nitrogens is 2. The van der Waals surface area contributed by atoms with Crippen LogP contribution in [0.1, 0.15) is 70.4 Å². The molecule has 2 aromatic rings. The van der Waals surface area contributed by atoms with E-state index < -0.39 is 17.9 Å². The molecule has 0 radical (unpaired) electrons. The van der Waals surface area contributed by atoms with Gasteiger partial charge in [-0.1, -0.05) is 62.4 Å². The van der Waals surface area contributed by atoms with E-state index in [0.29, 0.717) is 40.7 Å². The molecule has 1 aliphatic carbocycles. The number of carbonyl (C=O) groups is 2. The molecule has 2 aliphatic rings. The van der Waals surface area contributed by atoms with Crippen LogP contribution >= 0.6 is 0 Å². The van der Waals surface area contributed by atoms with Crippen LogP contribution in [0.25, 0.3) is 11.4 Å². The van der Waals surface area contributed by atoms with Crippen molar-refractivity contribution in [3.05, 3.63) is 64.8 Å². The summed E-state index contributed by atoms with van der Waals surface area (Å²) in [6.45, 7) is 4.01. The van der Waals surface area contributed by atoms with Crippen LogP contribution in [-0.2, 0) is 19.1 Å². The van der Waals surface area contributed by atoms with Gasteiger partial charge in [0, 0.05) is 28.8 Å². The number of H-pyrrole nitrogens is 1. The summed E-state index contributed by atoms with van der Waals surface area (Å²) in [4.78, 5) is 34.0. The molecule has 0 amide bonds. The molecular weight excluding hydrogens is 442 g/mol. The lowest BCUT2D eigenvalue weighted by Crippen LogP contribution is -2.32. The van der Waals surface area contributed by atoms with Gasteiger partial charge in [0.2, 0.25) is 0 Å². The smallest absolute Gasteiger partial charge is 0.336 e. The number of allylic oxidation sites excluding steroid dienone is 2. The van der Waals surface area contributed by atoms with E-state index in [4.69, 9.17) is 9.47 Å². The molecule has 1 aromatic carbocycles. The molecule has 7 heteroatoms. The monoisotopic (exact) mass is 477 g/mol. The maximum Gasteiger partial charge on any atom is 0.336 e. The fourth-order valence-electron chi connectivity index (χ4n) is 5.27. The number of hydrogen-bond acceptors (Lipinski definition) is 6. The molecule has 4 rings (SSSR count). The Balaban J connectivity index is 1.56. The van der Waals surface area contributed by atoms with Gasteiger partial charge in [-0.05, 0) is 32.6 Å². The molecule has 1 fully saturated rings. The molecule has 0 saturated heterocycles. The van der Waals surface area contributed by atoms with E-state index >= 15 is 0 Å². The van der Waals surface area contributed by atoms with Gasteiger partial charge in [-0.2, -0.15) is 0 Å². The molecule has 0 spiro atoms. The van der Waals surface area contributed by atoms with Crippen LogP contribution in [0.15, 0.2) is 59.1 Å². The minimum atomic E-state index is -0.667. The molecule has 2 heterocycles. The summed E-state index contributed by atoms with van der Waals surface area (Å²) in [5, 5.41) is 3.18. The lowest BCUT2D eigenvalue weighted by atomic mass is 9.83. The van der Waals surface area contributed by atoms with Crippen LogP contribution in [0, 0.1) is 5.92 Å². The molecule has 1 unspecified atom stereocenters. The third kappa shape index (κ3) is 5.66. The van der Waals surface area contributed by atoms with E-state index in [1.807, 2.05) is 44.2 Å². The zero-order valence-electron chi connectivity index (χ0n) is 20.9. The standard InChI is InChI=1S/C28H35N3O4/c1-18-23(27(32)34-3)25(22-17-29-26(31-22)21-14-8-5-9-15-21)24(19(2)30-18)28(33)35-16-10-13-20-11-6-4-7-12-20/h5,8-9,14-15,17,20,25,30H,4,6-7,10-13,16H2,1-3H3,(H,29,31).